The first-order chi connectivity index (χ1) is 10.3. The summed E-state index contributed by atoms with van der Waals surface area (Å²) in [6.07, 6.45) is 8.35. The number of fused-ring (bicyclic) bond motifs is 1. The van der Waals surface area contributed by atoms with Crippen molar-refractivity contribution in [3.63, 3.8) is 0 Å². The second-order valence-electron chi connectivity index (χ2n) is 6.21. The minimum Gasteiger partial charge on any atom is -0.342 e. The number of aromatic nitrogens is 1. The molecule has 21 heavy (non-hydrogen) atoms. The molecule has 0 unspecified atom stereocenters. The summed E-state index contributed by atoms with van der Waals surface area (Å²) in [6.45, 7) is 4.32. The molecule has 1 aliphatic carbocycles. The van der Waals surface area contributed by atoms with Crippen molar-refractivity contribution in [2.75, 3.05) is 6.54 Å². The molecule has 3 heteroatoms. The van der Waals surface area contributed by atoms with Crippen LogP contribution in [0.2, 0.25) is 0 Å². The number of rotatable bonds is 4. The predicted molar refractivity (Wildman–Crippen MR) is 93.9 cm³/mol. The quantitative estimate of drug-likeness (QED) is 0.767. The Bertz CT molecular complexity index is 595. The van der Waals surface area contributed by atoms with Gasteiger partial charge < -0.3 is 9.88 Å². The highest BCUT2D eigenvalue weighted by Crippen LogP contribution is 2.30. The summed E-state index contributed by atoms with van der Waals surface area (Å²) in [5, 5.41) is 5.10. The van der Waals surface area contributed by atoms with E-state index >= 15 is 0 Å². The molecule has 1 fully saturated rings. The summed E-state index contributed by atoms with van der Waals surface area (Å²) in [5.41, 5.74) is 2.67. The van der Waals surface area contributed by atoms with E-state index in [0.717, 1.165) is 19.1 Å². The highest BCUT2D eigenvalue weighted by molar-refractivity contribution is 9.10. The summed E-state index contributed by atoms with van der Waals surface area (Å²) in [5.74, 6) is 0. The fraction of sp³-hybridized carbons (Fsp3) is 0.556. The van der Waals surface area contributed by atoms with Crippen LogP contribution >= 0.6 is 15.9 Å². The summed E-state index contributed by atoms with van der Waals surface area (Å²) >= 11 is 3.74. The Morgan fingerprint density at radius 3 is 2.62 bits per heavy atom. The Balaban J connectivity index is 1.66. The minimum atomic E-state index is 0.734. The van der Waals surface area contributed by atoms with Crippen LogP contribution < -0.4 is 5.32 Å². The van der Waals surface area contributed by atoms with Gasteiger partial charge in [-0.05, 0) is 41.8 Å². The molecule has 2 aromatic rings. The molecule has 3 rings (SSSR count). The predicted octanol–water partition coefficient (Wildman–Crippen LogP) is 5.02. The number of nitrogens with one attached hydrogen (secondary N) is 1. The van der Waals surface area contributed by atoms with Crippen molar-refractivity contribution in [1.82, 2.24) is 9.88 Å². The van der Waals surface area contributed by atoms with Crippen LogP contribution in [0, 0.1) is 6.92 Å². The van der Waals surface area contributed by atoms with Crippen LogP contribution in [0.4, 0.5) is 0 Å². The molecule has 1 saturated carbocycles. The minimum absolute atomic E-state index is 0.734. The largest absolute Gasteiger partial charge is 0.342 e. The molecule has 114 valence electrons. The van der Waals surface area contributed by atoms with Gasteiger partial charge in [-0.1, -0.05) is 43.9 Å². The fourth-order valence-corrected chi connectivity index (χ4v) is 4.09. The second-order valence-corrected chi connectivity index (χ2v) is 7.00. The maximum absolute atomic E-state index is 3.78. The number of benzene rings is 1. The van der Waals surface area contributed by atoms with Crippen LogP contribution in [0.15, 0.2) is 28.7 Å². The lowest BCUT2D eigenvalue weighted by atomic mass is 10.1. The van der Waals surface area contributed by atoms with Crippen LogP contribution in [0.5, 0.6) is 0 Å². The van der Waals surface area contributed by atoms with E-state index in [9.17, 15) is 0 Å². The van der Waals surface area contributed by atoms with Gasteiger partial charge in [0.05, 0.1) is 0 Å². The lowest BCUT2D eigenvalue weighted by Gasteiger charge is -2.17. The number of nitrogens with zero attached hydrogens (tertiary/aromatic N) is 1. The highest BCUT2D eigenvalue weighted by Gasteiger charge is 2.13. The monoisotopic (exact) mass is 348 g/mol. The van der Waals surface area contributed by atoms with Gasteiger partial charge in [-0.25, -0.2) is 0 Å². The summed E-state index contributed by atoms with van der Waals surface area (Å²) in [6, 6.07) is 9.39. The average molecular weight is 349 g/mol. The molecule has 1 aromatic carbocycles. The Morgan fingerprint density at radius 1 is 1.14 bits per heavy atom. The molecule has 1 aliphatic rings. The van der Waals surface area contributed by atoms with Gasteiger partial charge in [-0.2, -0.15) is 0 Å². The molecule has 1 N–H and O–H groups in total. The van der Waals surface area contributed by atoms with Gasteiger partial charge in [0.2, 0.25) is 0 Å². The number of para-hydroxylation sites is 1. The maximum atomic E-state index is 3.78. The van der Waals surface area contributed by atoms with Crippen LogP contribution in [0.3, 0.4) is 0 Å². The SMILES string of the molecule is Cc1c(Br)c2ccccc2n1CCNC1CCCCCC1. The van der Waals surface area contributed by atoms with Gasteiger partial charge in [-0.3, -0.25) is 0 Å². The van der Waals surface area contributed by atoms with Gasteiger partial charge >= 0.3 is 0 Å². The molecule has 0 amide bonds. The third-order valence-electron chi connectivity index (χ3n) is 4.78. The van der Waals surface area contributed by atoms with Gasteiger partial charge in [0.15, 0.2) is 0 Å². The summed E-state index contributed by atoms with van der Waals surface area (Å²) in [4.78, 5) is 0. The zero-order valence-electron chi connectivity index (χ0n) is 12.9. The van der Waals surface area contributed by atoms with E-state index < -0.39 is 0 Å². The van der Waals surface area contributed by atoms with E-state index in [0.29, 0.717) is 0 Å². The topological polar surface area (TPSA) is 17.0 Å². The van der Waals surface area contributed by atoms with Crippen molar-refractivity contribution < 1.29 is 0 Å². The van der Waals surface area contributed by atoms with E-state index in [1.54, 1.807) is 0 Å². The van der Waals surface area contributed by atoms with Gasteiger partial charge in [0, 0.05) is 40.2 Å². The third-order valence-corrected chi connectivity index (χ3v) is 5.78. The first-order valence-corrected chi connectivity index (χ1v) is 9.03. The molecule has 1 aromatic heterocycles. The molecule has 0 spiro atoms. The van der Waals surface area contributed by atoms with Crippen LogP contribution in [-0.4, -0.2) is 17.2 Å². The molecular weight excluding hydrogens is 324 g/mol. The van der Waals surface area contributed by atoms with Crippen molar-refractivity contribution in [1.29, 1.82) is 0 Å². The maximum Gasteiger partial charge on any atom is 0.0494 e. The molecule has 1 heterocycles. The Hall–Kier alpha value is -0.800. The van der Waals surface area contributed by atoms with E-state index in [4.69, 9.17) is 0 Å². The normalized spacial score (nSPS) is 17.2. The number of halogens is 1. The average Bonchev–Trinajstić information content (AvgIpc) is 2.70. The standard InChI is InChI=1S/C18H25BrN2/c1-14-18(19)16-10-6-7-11-17(16)21(14)13-12-20-15-8-4-2-3-5-9-15/h6-7,10-11,15,20H,2-5,8-9,12-13H2,1H3. The van der Waals surface area contributed by atoms with Crippen molar-refractivity contribution in [2.24, 2.45) is 0 Å². The van der Waals surface area contributed by atoms with E-state index in [-0.39, 0.29) is 0 Å². The van der Waals surface area contributed by atoms with E-state index in [1.807, 2.05) is 0 Å². The van der Waals surface area contributed by atoms with Crippen molar-refractivity contribution in [3.05, 3.63) is 34.4 Å². The second kappa shape index (κ2) is 6.97. The molecule has 0 bridgehead atoms. The van der Waals surface area contributed by atoms with Gasteiger partial charge in [0.1, 0.15) is 0 Å². The van der Waals surface area contributed by atoms with Gasteiger partial charge in [0.25, 0.3) is 0 Å². The lowest BCUT2D eigenvalue weighted by Crippen LogP contribution is -2.31. The lowest BCUT2D eigenvalue weighted by molar-refractivity contribution is 0.446. The first kappa shape index (κ1) is 15.1. The van der Waals surface area contributed by atoms with Crippen LogP contribution in [-0.2, 0) is 6.54 Å². The van der Waals surface area contributed by atoms with Crippen LogP contribution in [0.25, 0.3) is 10.9 Å². The zero-order chi connectivity index (χ0) is 14.7. The Labute approximate surface area is 136 Å². The van der Waals surface area contributed by atoms with Crippen molar-refractivity contribution in [3.8, 4) is 0 Å². The molecule has 0 atom stereocenters. The Morgan fingerprint density at radius 2 is 1.86 bits per heavy atom. The van der Waals surface area contributed by atoms with Gasteiger partial charge in [-0.15, -0.1) is 0 Å². The number of hydrogen-bond acceptors (Lipinski definition) is 1. The first-order valence-electron chi connectivity index (χ1n) is 8.24. The van der Waals surface area contributed by atoms with Crippen molar-refractivity contribution in [2.45, 2.75) is 58.0 Å². The molecular formula is C18H25BrN2. The van der Waals surface area contributed by atoms with Crippen molar-refractivity contribution >= 4 is 26.8 Å². The smallest absolute Gasteiger partial charge is 0.0494 e. The van der Waals surface area contributed by atoms with E-state index in [2.05, 4.69) is 57.0 Å². The molecule has 0 radical (unpaired) electrons. The van der Waals surface area contributed by atoms with E-state index in [1.165, 1.54) is 59.6 Å². The molecule has 0 saturated heterocycles. The summed E-state index contributed by atoms with van der Waals surface area (Å²) < 4.78 is 3.68. The highest BCUT2D eigenvalue weighted by atomic mass is 79.9. The molecule has 0 aliphatic heterocycles. The summed E-state index contributed by atoms with van der Waals surface area (Å²) in [7, 11) is 0. The zero-order valence-corrected chi connectivity index (χ0v) is 14.5. The Kier molecular flexibility index (Phi) is 5.02. The molecule has 2 nitrogen and oxygen atoms in total. The van der Waals surface area contributed by atoms with Crippen LogP contribution in [0.1, 0.15) is 44.2 Å². The third kappa shape index (κ3) is 3.35. The fourth-order valence-electron chi connectivity index (χ4n) is 3.54. The number of hydrogen-bond donors (Lipinski definition) is 1.